The molecule has 6 aliphatic rings. The van der Waals surface area contributed by atoms with Crippen LogP contribution >= 0.6 is 11.3 Å². The molecule has 6 heteroatoms. The molecule has 0 spiro atoms. The molecule has 0 unspecified atom stereocenters. The number of anilines is 1. The number of fused-ring (bicyclic) bond motifs is 4. The van der Waals surface area contributed by atoms with Crippen molar-refractivity contribution in [2.75, 3.05) is 44.2 Å². The Morgan fingerprint density at radius 3 is 2.44 bits per heavy atom. The number of hydrogen-bond donors (Lipinski definition) is 0. The van der Waals surface area contributed by atoms with Crippen molar-refractivity contribution in [3.63, 3.8) is 0 Å². The molecule has 0 atom stereocenters. The van der Waals surface area contributed by atoms with Crippen LogP contribution in [0.2, 0.25) is 0 Å². The van der Waals surface area contributed by atoms with E-state index in [-0.39, 0.29) is 5.91 Å². The molecule has 41 heavy (non-hydrogen) atoms. The van der Waals surface area contributed by atoms with Gasteiger partial charge >= 0.3 is 254 Å². The van der Waals surface area contributed by atoms with Crippen molar-refractivity contribution in [2.45, 2.75) is 70.6 Å². The normalized spacial score (nSPS) is 20.8. The summed E-state index contributed by atoms with van der Waals surface area (Å²) in [4.78, 5) is 20.6. The number of piperidine rings is 1. The second-order valence-corrected chi connectivity index (χ2v) is 16.1. The molecular weight excluding hydrogens is 589 g/mol. The maximum atomic E-state index is 13.6. The number of benzene rings is 2. The van der Waals surface area contributed by atoms with Crippen LogP contribution in [0, 0.1) is 0 Å². The Balaban J connectivity index is 1.31. The number of hydrogen-bond acceptors (Lipinski definition) is 3. The molecule has 0 saturated carbocycles. The topological polar surface area (TPSA) is 26.6 Å². The fraction of sp³-hybridized carbons (Fsp3) is 0.486. The summed E-state index contributed by atoms with van der Waals surface area (Å²) in [6.45, 7) is 6.71. The molecule has 2 aromatic carbocycles. The van der Waals surface area contributed by atoms with E-state index in [0.717, 1.165) is 30.8 Å². The minimum atomic E-state index is 0.245. The number of rotatable bonds is 2. The molecule has 7 heterocycles. The van der Waals surface area contributed by atoms with Gasteiger partial charge in [-0.05, 0) is 0 Å². The Bertz CT molecular complexity index is 1740. The zero-order chi connectivity index (χ0) is 27.1. The number of thiophene rings is 1. The van der Waals surface area contributed by atoms with Gasteiger partial charge in [-0.3, -0.25) is 0 Å². The Morgan fingerprint density at radius 1 is 0.780 bits per heavy atom. The van der Waals surface area contributed by atoms with Crippen molar-refractivity contribution < 1.29 is 4.79 Å². The van der Waals surface area contributed by atoms with Gasteiger partial charge in [-0.2, -0.15) is 0 Å². The van der Waals surface area contributed by atoms with Crippen LogP contribution in [0.3, 0.4) is 0 Å². The zero-order valence-corrected chi connectivity index (χ0v) is 26.4. The third kappa shape index (κ3) is 3.90. The van der Waals surface area contributed by atoms with Gasteiger partial charge in [-0.15, -0.1) is 0 Å². The van der Waals surface area contributed by atoms with E-state index in [0.29, 0.717) is 15.0 Å². The zero-order valence-electron chi connectivity index (χ0n) is 23.9. The summed E-state index contributed by atoms with van der Waals surface area (Å²) in [6.07, 6.45) is 13.5. The van der Waals surface area contributed by atoms with Crippen LogP contribution in [0.5, 0.6) is 0 Å². The van der Waals surface area contributed by atoms with Crippen LogP contribution in [-0.2, 0) is 25.7 Å². The summed E-state index contributed by atoms with van der Waals surface area (Å²) in [6, 6.07) is 9.64. The summed E-state index contributed by atoms with van der Waals surface area (Å²) in [7, 11) is 0. The maximum absolute atomic E-state index is 13.6. The van der Waals surface area contributed by atoms with Crippen molar-refractivity contribution >= 4 is 52.4 Å². The van der Waals surface area contributed by atoms with Crippen molar-refractivity contribution in [3.05, 3.63) is 72.4 Å². The number of likely N-dealkylation sites (tertiary alicyclic amines) is 1. The van der Waals surface area contributed by atoms with Crippen LogP contribution in [0.15, 0.2) is 24.3 Å². The average molecular weight is 628 g/mol. The molecule has 0 radical (unpaired) electrons. The first-order chi connectivity index (χ1) is 20.2. The van der Waals surface area contributed by atoms with Crippen LogP contribution < -0.4 is 29.0 Å². The number of carbonyl (C=O) groups excluding carboxylic acids is 1. The first-order valence-corrected chi connectivity index (χ1v) is 18.6. The van der Waals surface area contributed by atoms with Gasteiger partial charge in [0.2, 0.25) is 0 Å². The summed E-state index contributed by atoms with van der Waals surface area (Å²) in [5.41, 5.74) is 11.0. The SMILES string of the molecule is O=C(c1ccc(C2=c3cc4c5c(c3[Se]c3c2cc2c6c3CCCN6CCC2)CCC[N+]=5CCC4)s1)N1CCCCC1. The molecule has 0 aliphatic carbocycles. The summed E-state index contributed by atoms with van der Waals surface area (Å²) in [5, 5.41) is 3.11. The van der Waals surface area contributed by atoms with Gasteiger partial charge in [0.15, 0.2) is 0 Å². The Morgan fingerprint density at radius 2 is 1.56 bits per heavy atom. The molecule has 1 aromatic heterocycles. The van der Waals surface area contributed by atoms with Crippen molar-refractivity contribution in [2.24, 2.45) is 0 Å². The van der Waals surface area contributed by atoms with E-state index in [9.17, 15) is 4.79 Å². The summed E-state index contributed by atoms with van der Waals surface area (Å²) < 4.78 is 6.03. The minimum absolute atomic E-state index is 0.245. The molecule has 1 fully saturated rings. The van der Waals surface area contributed by atoms with Gasteiger partial charge < -0.3 is 0 Å². The van der Waals surface area contributed by atoms with Crippen LogP contribution in [-0.4, -0.2) is 65.0 Å². The summed E-state index contributed by atoms with van der Waals surface area (Å²) in [5.74, 6) is 0.245. The monoisotopic (exact) mass is 628 g/mol. The van der Waals surface area contributed by atoms with Gasteiger partial charge in [-0.1, -0.05) is 0 Å². The second-order valence-electron chi connectivity index (χ2n) is 12.9. The first-order valence-electron chi connectivity index (χ1n) is 16.1. The van der Waals surface area contributed by atoms with Crippen LogP contribution in [0.4, 0.5) is 5.69 Å². The van der Waals surface area contributed by atoms with Crippen molar-refractivity contribution in [3.8, 4) is 0 Å². The molecule has 1 saturated heterocycles. The third-order valence-electron chi connectivity index (χ3n) is 10.4. The van der Waals surface area contributed by atoms with E-state index in [1.807, 2.05) is 0 Å². The van der Waals surface area contributed by atoms with Crippen LogP contribution in [0.25, 0.3) is 5.57 Å². The quantitative estimate of drug-likeness (QED) is 0.253. The number of aryl methyl sites for hydroxylation is 2. The van der Waals surface area contributed by atoms with E-state index in [2.05, 4.69) is 38.6 Å². The summed E-state index contributed by atoms with van der Waals surface area (Å²) >= 11 is 2.07. The molecule has 210 valence electrons. The average Bonchev–Trinajstić information content (AvgIpc) is 3.51. The van der Waals surface area contributed by atoms with E-state index >= 15 is 0 Å². The van der Waals surface area contributed by atoms with E-state index < -0.39 is 0 Å². The predicted molar refractivity (Wildman–Crippen MR) is 169 cm³/mol. The van der Waals surface area contributed by atoms with Crippen molar-refractivity contribution in [1.82, 2.24) is 9.48 Å². The van der Waals surface area contributed by atoms with Crippen LogP contribution in [0.1, 0.15) is 87.3 Å². The predicted octanol–water partition coefficient (Wildman–Crippen LogP) is 2.67. The molecule has 3 aromatic rings. The van der Waals surface area contributed by atoms with Gasteiger partial charge in [0.05, 0.1) is 0 Å². The first kappa shape index (κ1) is 25.1. The van der Waals surface area contributed by atoms with E-state index in [4.69, 9.17) is 0 Å². The molecule has 9 rings (SSSR count). The van der Waals surface area contributed by atoms with Gasteiger partial charge in [-0.25, -0.2) is 0 Å². The van der Waals surface area contributed by atoms with E-state index in [1.54, 1.807) is 53.6 Å². The number of amides is 1. The fourth-order valence-electron chi connectivity index (χ4n) is 8.62. The van der Waals surface area contributed by atoms with Gasteiger partial charge in [0.25, 0.3) is 0 Å². The molecular formula is C35H38N3OSSe+. The number of nitrogens with zero attached hydrogens (tertiary/aromatic N) is 3. The third-order valence-corrected chi connectivity index (χ3v) is 14.3. The molecule has 4 nitrogen and oxygen atoms in total. The molecule has 6 aliphatic heterocycles. The van der Waals surface area contributed by atoms with Gasteiger partial charge in [0.1, 0.15) is 0 Å². The standard InChI is InChI=1S/C35H38N3OSSe/c39-35(38-14-2-1-3-15-38)29-13-12-28(40-29)30-26-20-22-8-4-16-36-18-6-10-24(31(22)36)33(26)41-34-25-11-7-19-37-17-5-9-23(32(25)37)21-27(30)34/h12-13,20-21H,1-11,14-19H2/q+1. The van der Waals surface area contributed by atoms with Crippen molar-refractivity contribution in [1.29, 1.82) is 0 Å². The fourth-order valence-corrected chi connectivity index (χ4v) is 12.6. The Labute approximate surface area is 252 Å². The second kappa shape index (κ2) is 9.82. The molecule has 1 amide bonds. The molecule has 0 bridgehead atoms. The number of carbonyl (C=O) groups is 1. The Hall–Kier alpha value is -2.40. The van der Waals surface area contributed by atoms with E-state index in [1.165, 1.54) is 105 Å². The molecule has 0 N–H and O–H groups in total. The Kier molecular flexibility index (Phi) is 6.02. The van der Waals surface area contributed by atoms with Gasteiger partial charge in [0, 0.05) is 0 Å².